The lowest BCUT2D eigenvalue weighted by atomic mass is 9.95. The fraction of sp³-hybridized carbons (Fsp3) is 0.571. The van der Waals surface area contributed by atoms with Crippen LogP contribution in [-0.2, 0) is 9.53 Å². The van der Waals surface area contributed by atoms with Crippen molar-refractivity contribution in [2.24, 2.45) is 5.92 Å². The van der Waals surface area contributed by atoms with Crippen LogP contribution in [0.3, 0.4) is 0 Å². The molecule has 1 aliphatic heterocycles. The molecule has 0 aromatic carbocycles. The minimum absolute atomic E-state index is 0.0606. The second-order valence-corrected chi connectivity index (χ2v) is 4.82. The number of carbonyl (C=O) groups excluding carboxylic acids is 1. The van der Waals surface area contributed by atoms with Crippen LogP contribution >= 0.6 is 0 Å². The van der Waals surface area contributed by atoms with Crippen LogP contribution in [0.4, 0.5) is 11.5 Å². The number of anilines is 2. The number of pyridine rings is 1. The molecule has 0 bridgehead atoms. The zero-order chi connectivity index (χ0) is 13.5. The van der Waals surface area contributed by atoms with Gasteiger partial charge in [0.2, 0.25) is 5.91 Å². The summed E-state index contributed by atoms with van der Waals surface area (Å²) in [7, 11) is 1.81. The van der Waals surface area contributed by atoms with E-state index in [-0.39, 0.29) is 5.91 Å². The Kier molecular flexibility index (Phi) is 5.15. The standard InChI is InChI=1S/C14H21N3O2/c1-15-13-4-3-12(10-16-13)17-14(18)5-2-11-6-8-19-9-7-11/h3-4,10-11H,2,5-9H2,1H3,(H,15,16)(H,17,18). The van der Waals surface area contributed by atoms with Crippen LogP contribution in [-0.4, -0.2) is 31.2 Å². The number of hydrogen-bond acceptors (Lipinski definition) is 4. The van der Waals surface area contributed by atoms with Crippen LogP contribution in [0.5, 0.6) is 0 Å². The van der Waals surface area contributed by atoms with Gasteiger partial charge < -0.3 is 15.4 Å². The number of aromatic nitrogens is 1. The van der Waals surface area contributed by atoms with E-state index in [1.54, 1.807) is 6.20 Å². The van der Waals surface area contributed by atoms with Crippen LogP contribution in [0.25, 0.3) is 0 Å². The van der Waals surface area contributed by atoms with Crippen molar-refractivity contribution < 1.29 is 9.53 Å². The highest BCUT2D eigenvalue weighted by molar-refractivity contribution is 5.90. The van der Waals surface area contributed by atoms with Crippen molar-refractivity contribution in [3.63, 3.8) is 0 Å². The van der Waals surface area contributed by atoms with Gasteiger partial charge in [0.05, 0.1) is 11.9 Å². The van der Waals surface area contributed by atoms with Gasteiger partial charge in [-0.3, -0.25) is 4.79 Å². The van der Waals surface area contributed by atoms with Crippen LogP contribution in [0.1, 0.15) is 25.7 Å². The molecule has 0 atom stereocenters. The maximum atomic E-state index is 11.8. The molecule has 1 aromatic heterocycles. The van der Waals surface area contributed by atoms with Gasteiger partial charge in [0.15, 0.2) is 0 Å². The summed E-state index contributed by atoms with van der Waals surface area (Å²) in [5.74, 6) is 1.48. The lowest BCUT2D eigenvalue weighted by molar-refractivity contribution is -0.116. The van der Waals surface area contributed by atoms with Gasteiger partial charge in [0.1, 0.15) is 5.82 Å². The summed E-state index contributed by atoms with van der Waals surface area (Å²) in [6.45, 7) is 1.67. The van der Waals surface area contributed by atoms with Gasteiger partial charge in [-0.2, -0.15) is 0 Å². The number of rotatable bonds is 5. The van der Waals surface area contributed by atoms with Crippen molar-refractivity contribution in [1.29, 1.82) is 0 Å². The number of amides is 1. The van der Waals surface area contributed by atoms with Crippen LogP contribution < -0.4 is 10.6 Å². The quantitative estimate of drug-likeness (QED) is 0.855. The Labute approximate surface area is 113 Å². The molecule has 0 radical (unpaired) electrons. The average Bonchev–Trinajstić information content (AvgIpc) is 2.47. The monoisotopic (exact) mass is 263 g/mol. The zero-order valence-electron chi connectivity index (χ0n) is 11.3. The largest absolute Gasteiger partial charge is 0.381 e. The van der Waals surface area contributed by atoms with Gasteiger partial charge in [0, 0.05) is 26.7 Å². The molecule has 104 valence electrons. The Balaban J connectivity index is 1.73. The van der Waals surface area contributed by atoms with Gasteiger partial charge in [-0.15, -0.1) is 0 Å². The molecular formula is C14H21N3O2. The van der Waals surface area contributed by atoms with Gasteiger partial charge in [-0.25, -0.2) is 4.98 Å². The Hall–Kier alpha value is -1.62. The van der Waals surface area contributed by atoms with Crippen molar-refractivity contribution in [2.75, 3.05) is 30.9 Å². The van der Waals surface area contributed by atoms with E-state index >= 15 is 0 Å². The summed E-state index contributed by atoms with van der Waals surface area (Å²) in [4.78, 5) is 16.0. The Bertz CT molecular complexity index is 400. The Morgan fingerprint density at radius 1 is 1.42 bits per heavy atom. The van der Waals surface area contributed by atoms with E-state index in [1.807, 2.05) is 19.2 Å². The van der Waals surface area contributed by atoms with Crippen LogP contribution in [0.15, 0.2) is 18.3 Å². The number of nitrogens with zero attached hydrogens (tertiary/aromatic N) is 1. The first-order valence-corrected chi connectivity index (χ1v) is 6.79. The molecule has 0 saturated carbocycles. The molecule has 5 heteroatoms. The maximum Gasteiger partial charge on any atom is 0.224 e. The molecule has 1 fully saturated rings. The van der Waals surface area contributed by atoms with Crippen LogP contribution in [0, 0.1) is 5.92 Å². The van der Waals surface area contributed by atoms with E-state index < -0.39 is 0 Å². The summed E-state index contributed by atoms with van der Waals surface area (Å²) in [6, 6.07) is 3.69. The molecule has 1 aliphatic rings. The highest BCUT2D eigenvalue weighted by Gasteiger charge is 2.15. The number of carbonyl (C=O) groups is 1. The third-order valence-corrected chi connectivity index (χ3v) is 3.42. The predicted molar refractivity (Wildman–Crippen MR) is 75.2 cm³/mol. The lowest BCUT2D eigenvalue weighted by Gasteiger charge is -2.21. The fourth-order valence-corrected chi connectivity index (χ4v) is 2.21. The van der Waals surface area contributed by atoms with Gasteiger partial charge in [0.25, 0.3) is 0 Å². The first-order chi connectivity index (χ1) is 9.28. The molecule has 19 heavy (non-hydrogen) atoms. The predicted octanol–water partition coefficient (Wildman–Crippen LogP) is 2.27. The highest BCUT2D eigenvalue weighted by Crippen LogP contribution is 2.20. The van der Waals surface area contributed by atoms with Crippen molar-refractivity contribution in [3.05, 3.63) is 18.3 Å². The minimum atomic E-state index is 0.0606. The minimum Gasteiger partial charge on any atom is -0.381 e. The SMILES string of the molecule is CNc1ccc(NC(=O)CCC2CCOCC2)cn1. The molecule has 5 nitrogen and oxygen atoms in total. The third-order valence-electron chi connectivity index (χ3n) is 3.42. The smallest absolute Gasteiger partial charge is 0.224 e. The molecule has 0 unspecified atom stereocenters. The molecule has 2 rings (SSSR count). The summed E-state index contributed by atoms with van der Waals surface area (Å²) >= 11 is 0. The van der Waals surface area contributed by atoms with E-state index in [2.05, 4.69) is 15.6 Å². The molecular weight excluding hydrogens is 242 g/mol. The van der Waals surface area contributed by atoms with E-state index in [1.165, 1.54) is 0 Å². The van der Waals surface area contributed by atoms with E-state index in [9.17, 15) is 4.79 Å². The number of ether oxygens (including phenoxy) is 1. The van der Waals surface area contributed by atoms with Crippen molar-refractivity contribution in [3.8, 4) is 0 Å². The lowest BCUT2D eigenvalue weighted by Crippen LogP contribution is -2.18. The van der Waals surface area contributed by atoms with Gasteiger partial charge >= 0.3 is 0 Å². The van der Waals surface area contributed by atoms with Crippen molar-refractivity contribution >= 4 is 17.4 Å². The molecule has 1 aromatic rings. The molecule has 0 aliphatic carbocycles. The van der Waals surface area contributed by atoms with E-state index in [0.717, 1.165) is 44.0 Å². The van der Waals surface area contributed by atoms with Crippen LogP contribution in [0.2, 0.25) is 0 Å². The fourth-order valence-electron chi connectivity index (χ4n) is 2.21. The Morgan fingerprint density at radius 3 is 2.84 bits per heavy atom. The number of nitrogens with one attached hydrogen (secondary N) is 2. The molecule has 1 amide bonds. The second-order valence-electron chi connectivity index (χ2n) is 4.82. The van der Waals surface area contributed by atoms with Gasteiger partial charge in [-0.05, 0) is 37.3 Å². The molecule has 2 heterocycles. The second kappa shape index (κ2) is 7.09. The third kappa shape index (κ3) is 4.52. The average molecular weight is 263 g/mol. The summed E-state index contributed by atoms with van der Waals surface area (Å²) in [5.41, 5.74) is 0.746. The van der Waals surface area contributed by atoms with Crippen molar-refractivity contribution in [2.45, 2.75) is 25.7 Å². The Morgan fingerprint density at radius 2 is 2.21 bits per heavy atom. The van der Waals surface area contributed by atoms with E-state index in [4.69, 9.17) is 4.74 Å². The van der Waals surface area contributed by atoms with E-state index in [0.29, 0.717) is 12.3 Å². The molecule has 0 spiro atoms. The summed E-state index contributed by atoms with van der Waals surface area (Å²) in [6.07, 6.45) is 5.32. The summed E-state index contributed by atoms with van der Waals surface area (Å²) in [5, 5.41) is 5.81. The maximum absolute atomic E-state index is 11.8. The topological polar surface area (TPSA) is 63.2 Å². The van der Waals surface area contributed by atoms with Crippen molar-refractivity contribution in [1.82, 2.24) is 4.98 Å². The number of hydrogen-bond donors (Lipinski definition) is 2. The normalized spacial score (nSPS) is 16.1. The first kappa shape index (κ1) is 13.8. The first-order valence-electron chi connectivity index (χ1n) is 6.79. The molecule has 1 saturated heterocycles. The van der Waals surface area contributed by atoms with Gasteiger partial charge in [-0.1, -0.05) is 0 Å². The summed E-state index contributed by atoms with van der Waals surface area (Å²) < 4.78 is 5.31. The molecule has 2 N–H and O–H groups in total. The highest BCUT2D eigenvalue weighted by atomic mass is 16.5. The zero-order valence-corrected chi connectivity index (χ0v) is 11.3.